The molecule has 4 N–H and O–H groups in total. The van der Waals surface area contributed by atoms with E-state index in [0.29, 0.717) is 13.2 Å². The minimum Gasteiger partial charge on any atom is -0.409 e. The summed E-state index contributed by atoms with van der Waals surface area (Å²) in [6.07, 6.45) is -0.899. The summed E-state index contributed by atoms with van der Waals surface area (Å²) in [6, 6.07) is 7.52. The molecule has 14 heteroatoms. The van der Waals surface area contributed by atoms with E-state index < -0.39 is 22.8 Å². The molecule has 35 heavy (non-hydrogen) atoms. The zero-order valence-corrected chi connectivity index (χ0v) is 20.1. The number of nitro benzene ring substituents is 1. The monoisotopic (exact) mass is 527 g/mol. The fourth-order valence-corrected chi connectivity index (χ4v) is 3.03. The van der Waals surface area contributed by atoms with Crippen molar-refractivity contribution in [3.05, 3.63) is 62.1 Å². The van der Waals surface area contributed by atoms with Gasteiger partial charge in [0.05, 0.1) is 34.4 Å². The molecule has 0 aliphatic heterocycles. The predicted molar refractivity (Wildman–Crippen MR) is 129 cm³/mol. The van der Waals surface area contributed by atoms with E-state index in [0.717, 1.165) is 11.0 Å². The normalized spacial score (nSPS) is 10.4. The molecule has 0 aliphatic rings. The number of ether oxygens (including phenoxy) is 2. The van der Waals surface area contributed by atoms with Crippen molar-refractivity contribution in [1.29, 1.82) is 0 Å². The number of likely N-dealkylation sites (N-methyl/N-ethyl adjacent to an activating group) is 1. The molecule has 2 aromatic rings. The Morgan fingerprint density at radius 2 is 1.89 bits per heavy atom. The Morgan fingerprint density at radius 3 is 2.54 bits per heavy atom. The Bertz CT molecular complexity index is 1100. The van der Waals surface area contributed by atoms with E-state index in [1.807, 2.05) is 0 Å². The van der Waals surface area contributed by atoms with Crippen LogP contribution in [0.1, 0.15) is 10.4 Å². The molecule has 0 spiro atoms. The van der Waals surface area contributed by atoms with Gasteiger partial charge >= 0.3 is 6.09 Å². The van der Waals surface area contributed by atoms with Crippen LogP contribution in [-0.2, 0) is 9.53 Å². The maximum atomic E-state index is 12.8. The number of amides is 3. The molecular weight excluding hydrogens is 505 g/mol. The molecule has 12 nitrogen and oxygen atoms in total. The number of hydrogen-bond acceptors (Lipinski definition) is 8. The molecule has 2 rings (SSSR count). The summed E-state index contributed by atoms with van der Waals surface area (Å²) in [7, 11) is 1.35. The Hall–Kier alpha value is -3.45. The first kappa shape index (κ1) is 27.8. The Balaban J connectivity index is 2.05. The van der Waals surface area contributed by atoms with Gasteiger partial charge < -0.3 is 30.7 Å². The maximum Gasteiger partial charge on any atom is 0.415 e. The largest absolute Gasteiger partial charge is 0.415 e. The minimum absolute atomic E-state index is 0.0627. The molecule has 188 valence electrons. The lowest BCUT2D eigenvalue weighted by molar-refractivity contribution is -0.384. The molecule has 0 unspecified atom stereocenters. The van der Waals surface area contributed by atoms with Crippen LogP contribution in [0.25, 0.3) is 0 Å². The summed E-state index contributed by atoms with van der Waals surface area (Å²) in [6.45, 7) is 0.959. The highest BCUT2D eigenvalue weighted by atomic mass is 35.5. The molecule has 0 aromatic heterocycles. The summed E-state index contributed by atoms with van der Waals surface area (Å²) in [5.74, 6) is -1.30. The molecule has 0 bridgehead atoms. The van der Waals surface area contributed by atoms with Crippen LogP contribution in [0.3, 0.4) is 0 Å². The lowest BCUT2D eigenvalue weighted by Crippen LogP contribution is -2.40. The number of rotatable bonds is 11. The quantitative estimate of drug-likeness (QED) is 0.227. The third kappa shape index (κ3) is 8.68. The first-order chi connectivity index (χ1) is 16.6. The van der Waals surface area contributed by atoms with Gasteiger partial charge in [0.15, 0.2) is 0 Å². The van der Waals surface area contributed by atoms with E-state index in [9.17, 15) is 24.5 Å². The van der Waals surface area contributed by atoms with Gasteiger partial charge in [0.1, 0.15) is 12.3 Å². The summed E-state index contributed by atoms with van der Waals surface area (Å²) < 4.78 is 10.4. The fourth-order valence-electron chi connectivity index (χ4n) is 2.63. The predicted octanol–water partition coefficient (Wildman–Crippen LogP) is 2.68. The molecule has 0 heterocycles. The van der Waals surface area contributed by atoms with Crippen LogP contribution < -0.4 is 21.1 Å². The third-order valence-electron chi connectivity index (χ3n) is 4.32. The zero-order chi connectivity index (χ0) is 26.0. The van der Waals surface area contributed by atoms with E-state index >= 15 is 0 Å². The van der Waals surface area contributed by atoms with E-state index in [2.05, 4.69) is 10.6 Å². The van der Waals surface area contributed by atoms with Crippen LogP contribution in [0.15, 0.2) is 36.4 Å². The van der Waals surface area contributed by atoms with Gasteiger partial charge in [-0.05, 0) is 24.3 Å². The van der Waals surface area contributed by atoms with Crippen molar-refractivity contribution in [3.63, 3.8) is 0 Å². The summed E-state index contributed by atoms with van der Waals surface area (Å²) in [5.41, 5.74) is 5.05. The highest BCUT2D eigenvalue weighted by Crippen LogP contribution is 2.29. The molecule has 3 amide bonds. The minimum atomic E-state index is -0.899. The van der Waals surface area contributed by atoms with Crippen molar-refractivity contribution in [2.24, 2.45) is 5.73 Å². The number of hydrogen-bond donors (Lipinski definition) is 3. The van der Waals surface area contributed by atoms with Crippen LogP contribution in [0.2, 0.25) is 10.0 Å². The molecule has 0 saturated carbocycles. The van der Waals surface area contributed by atoms with Crippen LogP contribution in [-0.4, -0.2) is 67.6 Å². The number of benzene rings is 2. The van der Waals surface area contributed by atoms with Crippen LogP contribution in [0.4, 0.5) is 16.2 Å². The number of carbonyl (C=O) groups is 3. The molecule has 0 radical (unpaired) electrons. The van der Waals surface area contributed by atoms with E-state index in [1.54, 1.807) is 0 Å². The number of non-ortho nitro benzene ring substituents is 1. The number of carbonyl (C=O) groups excluding carboxylic acids is 3. The molecular formula is C21H23Cl2N5O7. The zero-order valence-electron chi connectivity index (χ0n) is 18.6. The first-order valence-corrected chi connectivity index (χ1v) is 10.9. The molecule has 2 aromatic carbocycles. The van der Waals surface area contributed by atoms with Gasteiger partial charge in [-0.1, -0.05) is 23.2 Å². The van der Waals surface area contributed by atoms with Crippen LogP contribution in [0, 0.1) is 10.1 Å². The van der Waals surface area contributed by atoms with E-state index in [4.69, 9.17) is 38.4 Å². The lowest BCUT2D eigenvalue weighted by Gasteiger charge is -2.18. The Morgan fingerprint density at radius 1 is 1.14 bits per heavy atom. The Kier molecular flexibility index (Phi) is 10.7. The molecule has 0 fully saturated rings. The molecule has 0 aliphatic carbocycles. The number of anilines is 1. The van der Waals surface area contributed by atoms with Gasteiger partial charge in [-0.25, -0.2) is 4.79 Å². The molecule has 0 atom stereocenters. The standard InChI is InChI=1S/C21H23Cl2N5O7/c1-27(12-19(29)25-7-9-34-8-6-24)21(31)35-18-5-2-13(22)10-15(18)20(30)26-17-4-3-14(28(32)33)11-16(17)23/h2-5,10-11H,6-9,12,24H2,1H3,(H,25,29)(H,26,30). The highest BCUT2D eigenvalue weighted by molar-refractivity contribution is 6.34. The highest BCUT2D eigenvalue weighted by Gasteiger charge is 2.21. The SMILES string of the molecule is CN(CC(=O)NCCOCCN)C(=O)Oc1ccc(Cl)cc1C(=O)Nc1ccc([N+](=O)[O-])cc1Cl. The summed E-state index contributed by atoms with van der Waals surface area (Å²) >= 11 is 12.0. The average molecular weight is 528 g/mol. The number of nitro groups is 1. The van der Waals surface area contributed by atoms with Crippen LogP contribution >= 0.6 is 23.2 Å². The molecule has 0 saturated heterocycles. The fraction of sp³-hybridized carbons (Fsp3) is 0.286. The van der Waals surface area contributed by atoms with E-state index in [-0.39, 0.29) is 52.4 Å². The number of nitrogens with two attached hydrogens (primary N) is 1. The van der Waals surface area contributed by atoms with Gasteiger partial charge in [0, 0.05) is 37.3 Å². The maximum absolute atomic E-state index is 12.8. The second-order valence-electron chi connectivity index (χ2n) is 6.99. The van der Waals surface area contributed by atoms with Crippen molar-refractivity contribution >= 4 is 52.5 Å². The van der Waals surface area contributed by atoms with Gasteiger partial charge in [-0.2, -0.15) is 0 Å². The Labute approximate surface area is 210 Å². The van der Waals surface area contributed by atoms with Gasteiger partial charge in [-0.3, -0.25) is 19.7 Å². The average Bonchev–Trinajstić information content (AvgIpc) is 2.81. The second-order valence-corrected chi connectivity index (χ2v) is 7.83. The summed E-state index contributed by atoms with van der Waals surface area (Å²) in [4.78, 5) is 48.5. The van der Waals surface area contributed by atoms with Crippen molar-refractivity contribution < 1.29 is 28.8 Å². The lowest BCUT2D eigenvalue weighted by atomic mass is 10.1. The van der Waals surface area contributed by atoms with Crippen molar-refractivity contribution in [2.45, 2.75) is 0 Å². The number of halogens is 2. The third-order valence-corrected chi connectivity index (χ3v) is 4.87. The van der Waals surface area contributed by atoms with E-state index in [1.165, 1.54) is 37.4 Å². The smallest absolute Gasteiger partial charge is 0.409 e. The van der Waals surface area contributed by atoms with Crippen molar-refractivity contribution in [3.8, 4) is 5.75 Å². The topological polar surface area (TPSA) is 166 Å². The number of nitrogens with one attached hydrogen (secondary N) is 2. The second kappa shape index (κ2) is 13.4. The first-order valence-electron chi connectivity index (χ1n) is 10.1. The number of nitrogens with zero attached hydrogens (tertiary/aromatic N) is 2. The van der Waals surface area contributed by atoms with Crippen LogP contribution in [0.5, 0.6) is 5.75 Å². The van der Waals surface area contributed by atoms with Crippen molar-refractivity contribution in [1.82, 2.24) is 10.2 Å². The van der Waals surface area contributed by atoms with Gasteiger partial charge in [0.2, 0.25) is 5.91 Å². The van der Waals surface area contributed by atoms with Gasteiger partial charge in [-0.15, -0.1) is 0 Å². The van der Waals surface area contributed by atoms with Gasteiger partial charge in [0.25, 0.3) is 11.6 Å². The summed E-state index contributed by atoms with van der Waals surface area (Å²) in [5, 5.41) is 16.1. The van der Waals surface area contributed by atoms with Crippen molar-refractivity contribution in [2.75, 3.05) is 45.2 Å².